The minimum Gasteiger partial charge on any atom is -0.480 e. The van der Waals surface area contributed by atoms with E-state index >= 15 is 0 Å². The van der Waals surface area contributed by atoms with E-state index in [1.807, 2.05) is 0 Å². The lowest BCUT2D eigenvalue weighted by atomic mass is 10.1. The number of likely N-dealkylation sites (N-methyl/N-ethyl adjacent to an activating group) is 1. The van der Waals surface area contributed by atoms with Gasteiger partial charge in [0.05, 0.1) is 5.56 Å². The van der Waals surface area contributed by atoms with Gasteiger partial charge in [-0.05, 0) is 18.6 Å². The second kappa shape index (κ2) is 6.47. The summed E-state index contributed by atoms with van der Waals surface area (Å²) in [6, 6.07) is 3.02. The number of aliphatic carboxylic acids is 1. The van der Waals surface area contributed by atoms with E-state index < -0.39 is 29.8 Å². The molecule has 1 unspecified atom stereocenters. The summed E-state index contributed by atoms with van der Waals surface area (Å²) < 4.78 is 38.3. The average Bonchev–Trinajstić information content (AvgIpc) is 2.42. The lowest BCUT2D eigenvalue weighted by Gasteiger charge is -2.22. The summed E-state index contributed by atoms with van der Waals surface area (Å²) in [5.74, 6) is -1.21. The van der Waals surface area contributed by atoms with Crippen molar-refractivity contribution >= 4 is 12.0 Å². The summed E-state index contributed by atoms with van der Waals surface area (Å²) in [5, 5.41) is 11.0. The van der Waals surface area contributed by atoms with E-state index in [2.05, 4.69) is 5.32 Å². The molecule has 8 heteroatoms. The Kier molecular flexibility index (Phi) is 5.17. The summed E-state index contributed by atoms with van der Waals surface area (Å²) in [5.41, 5.74) is -0.922. The van der Waals surface area contributed by atoms with E-state index in [-0.39, 0.29) is 12.1 Å². The summed E-state index contributed by atoms with van der Waals surface area (Å²) in [7, 11) is 1.25. The molecule has 0 radical (unpaired) electrons. The fourth-order valence-corrected chi connectivity index (χ4v) is 1.59. The van der Waals surface area contributed by atoms with Crippen molar-refractivity contribution in [3.63, 3.8) is 0 Å². The van der Waals surface area contributed by atoms with Crippen LogP contribution in [0.5, 0.6) is 0 Å². The van der Waals surface area contributed by atoms with Gasteiger partial charge in [0.1, 0.15) is 6.04 Å². The van der Waals surface area contributed by atoms with Crippen LogP contribution in [0.15, 0.2) is 24.3 Å². The topological polar surface area (TPSA) is 69.6 Å². The van der Waals surface area contributed by atoms with Crippen LogP contribution < -0.4 is 5.32 Å². The van der Waals surface area contributed by atoms with Crippen LogP contribution >= 0.6 is 0 Å². The lowest BCUT2D eigenvalue weighted by molar-refractivity contribution is -0.141. The molecular formula is C13H15F3N2O3. The zero-order chi connectivity index (χ0) is 16.2. The molecular weight excluding hydrogens is 289 g/mol. The van der Waals surface area contributed by atoms with Crippen LogP contribution in [-0.2, 0) is 17.5 Å². The van der Waals surface area contributed by atoms with E-state index in [4.69, 9.17) is 5.11 Å². The highest BCUT2D eigenvalue weighted by molar-refractivity contribution is 5.82. The first kappa shape index (κ1) is 16.8. The quantitative estimate of drug-likeness (QED) is 0.897. The molecule has 21 heavy (non-hydrogen) atoms. The number of rotatable bonds is 4. The standard InChI is InChI=1S/C13H15F3N2O3/c1-8(11(19)20)18(2)12(21)17-7-9-5-3-4-6-10(9)13(14,15)16/h3-6,8H,7H2,1-2H3,(H,17,21)(H,19,20). The third-order valence-corrected chi connectivity index (χ3v) is 3.01. The van der Waals surface area contributed by atoms with Gasteiger partial charge in [-0.3, -0.25) is 0 Å². The molecule has 0 spiro atoms. The molecule has 0 bridgehead atoms. The number of amides is 2. The van der Waals surface area contributed by atoms with E-state index in [1.165, 1.54) is 32.2 Å². The molecule has 0 saturated carbocycles. The predicted molar refractivity (Wildman–Crippen MR) is 68.5 cm³/mol. The fraction of sp³-hybridized carbons (Fsp3) is 0.385. The van der Waals surface area contributed by atoms with E-state index in [9.17, 15) is 22.8 Å². The van der Waals surface area contributed by atoms with E-state index in [0.29, 0.717) is 0 Å². The normalized spacial score (nSPS) is 12.6. The number of carboxylic acid groups (broad SMARTS) is 1. The minimum absolute atomic E-state index is 0.0882. The third kappa shape index (κ3) is 4.37. The Morgan fingerprint density at radius 3 is 2.43 bits per heavy atom. The van der Waals surface area contributed by atoms with Gasteiger partial charge in [-0.1, -0.05) is 18.2 Å². The Morgan fingerprint density at radius 1 is 1.33 bits per heavy atom. The number of hydrogen-bond donors (Lipinski definition) is 2. The van der Waals surface area contributed by atoms with Crippen LogP contribution in [0.1, 0.15) is 18.1 Å². The highest BCUT2D eigenvalue weighted by Crippen LogP contribution is 2.31. The Labute approximate surface area is 119 Å². The number of nitrogens with zero attached hydrogens (tertiary/aromatic N) is 1. The number of alkyl halides is 3. The van der Waals surface area contributed by atoms with Crippen LogP contribution in [0.25, 0.3) is 0 Å². The van der Waals surface area contributed by atoms with Crippen molar-refractivity contribution in [2.45, 2.75) is 25.7 Å². The smallest absolute Gasteiger partial charge is 0.416 e. The number of hydrogen-bond acceptors (Lipinski definition) is 2. The summed E-state index contributed by atoms with van der Waals surface area (Å²) in [6.07, 6.45) is -4.51. The second-order valence-corrected chi connectivity index (χ2v) is 4.44. The number of halogens is 3. The lowest BCUT2D eigenvalue weighted by Crippen LogP contribution is -2.45. The summed E-state index contributed by atoms with van der Waals surface area (Å²) >= 11 is 0. The highest BCUT2D eigenvalue weighted by atomic mass is 19.4. The zero-order valence-corrected chi connectivity index (χ0v) is 11.4. The first-order valence-electron chi connectivity index (χ1n) is 6.03. The van der Waals surface area contributed by atoms with Crippen molar-refractivity contribution in [1.82, 2.24) is 10.2 Å². The molecule has 1 aromatic carbocycles. The average molecular weight is 304 g/mol. The van der Waals surface area contributed by atoms with Gasteiger partial charge in [0.15, 0.2) is 0 Å². The molecule has 2 amide bonds. The molecule has 1 aromatic rings. The molecule has 0 aliphatic rings. The maximum absolute atomic E-state index is 12.8. The predicted octanol–water partition coefficient (Wildman–Crippen LogP) is 2.32. The summed E-state index contributed by atoms with van der Waals surface area (Å²) in [4.78, 5) is 23.3. The first-order valence-corrected chi connectivity index (χ1v) is 6.03. The van der Waals surface area contributed by atoms with Gasteiger partial charge in [-0.2, -0.15) is 13.2 Å². The Hall–Kier alpha value is -2.25. The molecule has 116 valence electrons. The molecule has 1 rings (SSSR count). The zero-order valence-electron chi connectivity index (χ0n) is 11.4. The van der Waals surface area contributed by atoms with Crippen molar-refractivity contribution in [2.75, 3.05) is 7.05 Å². The van der Waals surface area contributed by atoms with E-state index in [0.717, 1.165) is 11.0 Å². The summed E-state index contributed by atoms with van der Waals surface area (Å²) in [6.45, 7) is 0.955. The highest BCUT2D eigenvalue weighted by Gasteiger charge is 2.33. The first-order chi connectivity index (χ1) is 9.64. The third-order valence-electron chi connectivity index (χ3n) is 3.01. The number of benzene rings is 1. The fourth-order valence-electron chi connectivity index (χ4n) is 1.59. The Bertz CT molecular complexity index is 532. The molecule has 0 saturated heterocycles. The molecule has 0 aliphatic carbocycles. The molecule has 1 atom stereocenters. The van der Waals surface area contributed by atoms with Crippen molar-refractivity contribution in [3.05, 3.63) is 35.4 Å². The minimum atomic E-state index is -4.51. The SMILES string of the molecule is CC(C(=O)O)N(C)C(=O)NCc1ccccc1C(F)(F)F. The van der Waals surface area contributed by atoms with Crippen LogP contribution in [0.2, 0.25) is 0 Å². The van der Waals surface area contributed by atoms with Gasteiger partial charge in [0, 0.05) is 13.6 Å². The maximum atomic E-state index is 12.8. The molecule has 0 aliphatic heterocycles. The van der Waals surface area contributed by atoms with Gasteiger partial charge < -0.3 is 15.3 Å². The number of carboxylic acids is 1. The number of carbonyl (C=O) groups excluding carboxylic acids is 1. The van der Waals surface area contributed by atoms with Gasteiger partial charge in [-0.15, -0.1) is 0 Å². The van der Waals surface area contributed by atoms with Crippen molar-refractivity contribution in [3.8, 4) is 0 Å². The number of nitrogens with one attached hydrogen (secondary N) is 1. The van der Waals surface area contributed by atoms with Gasteiger partial charge in [0.2, 0.25) is 0 Å². The molecule has 0 aromatic heterocycles. The van der Waals surface area contributed by atoms with Crippen LogP contribution in [0.4, 0.5) is 18.0 Å². The molecule has 0 fully saturated rings. The second-order valence-electron chi connectivity index (χ2n) is 4.44. The van der Waals surface area contributed by atoms with Crippen LogP contribution in [0.3, 0.4) is 0 Å². The Morgan fingerprint density at radius 2 is 1.90 bits per heavy atom. The van der Waals surface area contributed by atoms with Gasteiger partial charge in [-0.25, -0.2) is 9.59 Å². The van der Waals surface area contributed by atoms with Crippen LogP contribution in [0, 0.1) is 0 Å². The molecule has 2 N–H and O–H groups in total. The van der Waals surface area contributed by atoms with Crippen molar-refractivity contribution in [1.29, 1.82) is 0 Å². The molecule has 0 heterocycles. The van der Waals surface area contributed by atoms with Crippen LogP contribution in [-0.4, -0.2) is 35.1 Å². The number of urea groups is 1. The molecule has 5 nitrogen and oxygen atoms in total. The van der Waals surface area contributed by atoms with Gasteiger partial charge in [0.25, 0.3) is 0 Å². The van der Waals surface area contributed by atoms with Crippen molar-refractivity contribution < 1.29 is 27.9 Å². The Balaban J connectivity index is 2.77. The monoisotopic (exact) mass is 304 g/mol. The number of carbonyl (C=O) groups is 2. The van der Waals surface area contributed by atoms with E-state index in [1.54, 1.807) is 0 Å². The maximum Gasteiger partial charge on any atom is 0.416 e. The van der Waals surface area contributed by atoms with Crippen molar-refractivity contribution in [2.24, 2.45) is 0 Å². The largest absolute Gasteiger partial charge is 0.480 e. The van der Waals surface area contributed by atoms with Gasteiger partial charge >= 0.3 is 18.2 Å².